The Bertz CT molecular complexity index is 1400. The molecule has 0 aliphatic heterocycles. The Morgan fingerprint density at radius 3 is 2.51 bits per heavy atom. The van der Waals surface area contributed by atoms with Gasteiger partial charge in [-0.3, -0.25) is 9.89 Å². The van der Waals surface area contributed by atoms with Crippen LogP contribution < -0.4 is 10.1 Å². The lowest BCUT2D eigenvalue weighted by molar-refractivity contribution is -0.124. The summed E-state index contributed by atoms with van der Waals surface area (Å²) in [5.41, 5.74) is 7.07. The number of aromatic nitrogens is 2. The van der Waals surface area contributed by atoms with Crippen molar-refractivity contribution in [3.63, 3.8) is 0 Å². The summed E-state index contributed by atoms with van der Waals surface area (Å²) in [6, 6.07) is 25.4. The van der Waals surface area contributed by atoms with Gasteiger partial charge < -0.3 is 15.0 Å². The number of nitrogens with one attached hydrogen (secondary N) is 2. The van der Waals surface area contributed by atoms with E-state index in [0.29, 0.717) is 19.7 Å². The Morgan fingerprint density at radius 1 is 1.00 bits per heavy atom. The normalized spacial score (nSPS) is 12.1. The third kappa shape index (κ3) is 7.45. The largest absolute Gasteiger partial charge is 0.492 e. The number of benzene rings is 3. The molecule has 39 heavy (non-hydrogen) atoms. The molecule has 0 bridgehead atoms. The van der Waals surface area contributed by atoms with Crippen LogP contribution >= 0.6 is 0 Å². The van der Waals surface area contributed by atoms with Crippen molar-refractivity contribution in [3.05, 3.63) is 108 Å². The van der Waals surface area contributed by atoms with Gasteiger partial charge in [-0.25, -0.2) is 0 Å². The van der Waals surface area contributed by atoms with Gasteiger partial charge in [0.15, 0.2) is 0 Å². The second-order valence-electron chi connectivity index (χ2n) is 9.48. The predicted molar refractivity (Wildman–Crippen MR) is 161 cm³/mol. The molecule has 6 heteroatoms. The van der Waals surface area contributed by atoms with Crippen LogP contribution in [0.1, 0.15) is 43.4 Å². The number of hydrogen-bond acceptors (Lipinski definition) is 4. The van der Waals surface area contributed by atoms with Gasteiger partial charge in [-0.05, 0) is 64.9 Å². The molecule has 0 aliphatic carbocycles. The number of likely N-dealkylation sites (N-methyl/N-ethyl adjacent to an activating group) is 1. The van der Waals surface area contributed by atoms with Gasteiger partial charge in [0, 0.05) is 38.1 Å². The van der Waals surface area contributed by atoms with Gasteiger partial charge in [-0.15, -0.1) is 0 Å². The summed E-state index contributed by atoms with van der Waals surface area (Å²) >= 11 is 0. The van der Waals surface area contributed by atoms with E-state index in [1.54, 1.807) is 11.0 Å². The highest BCUT2D eigenvalue weighted by atomic mass is 16.5. The van der Waals surface area contributed by atoms with Crippen LogP contribution in [-0.2, 0) is 4.79 Å². The minimum Gasteiger partial charge on any atom is -0.492 e. The smallest absolute Gasteiger partial charge is 0.246 e. The summed E-state index contributed by atoms with van der Waals surface area (Å²) in [7, 11) is 1.82. The fourth-order valence-electron chi connectivity index (χ4n) is 4.65. The number of hydrogen-bond donors (Lipinski definition) is 2. The molecule has 0 spiro atoms. The molecule has 2 N–H and O–H groups in total. The maximum absolute atomic E-state index is 11.9. The predicted octanol–water partition coefficient (Wildman–Crippen LogP) is 6.33. The monoisotopic (exact) mass is 522 g/mol. The minimum absolute atomic E-state index is 0.0339. The van der Waals surface area contributed by atoms with Crippen LogP contribution in [0, 0.1) is 0 Å². The first-order valence-electron chi connectivity index (χ1n) is 13.7. The molecule has 0 atom stereocenters. The molecule has 202 valence electrons. The van der Waals surface area contributed by atoms with Crippen molar-refractivity contribution in [1.29, 1.82) is 0 Å². The molecule has 0 saturated carbocycles. The van der Waals surface area contributed by atoms with Crippen LogP contribution in [-0.4, -0.2) is 54.3 Å². The number of H-pyrrole nitrogens is 1. The van der Waals surface area contributed by atoms with Gasteiger partial charge in [0.1, 0.15) is 12.4 Å². The molecular formula is C33H38N4O2. The average Bonchev–Trinajstić information content (AvgIpc) is 3.44. The van der Waals surface area contributed by atoms with E-state index in [4.69, 9.17) is 4.74 Å². The van der Waals surface area contributed by atoms with Gasteiger partial charge in [0.2, 0.25) is 5.91 Å². The lowest BCUT2D eigenvalue weighted by Gasteiger charge is -2.17. The number of allylic oxidation sites excluding steroid dienone is 1. The first-order chi connectivity index (χ1) is 19.1. The maximum Gasteiger partial charge on any atom is 0.246 e. The zero-order valence-corrected chi connectivity index (χ0v) is 23.1. The number of ether oxygens (including phenoxy) is 1. The summed E-state index contributed by atoms with van der Waals surface area (Å²) < 4.78 is 5.97. The molecule has 3 aromatic carbocycles. The molecule has 6 nitrogen and oxygen atoms in total. The highest BCUT2D eigenvalue weighted by Crippen LogP contribution is 2.36. The van der Waals surface area contributed by atoms with Crippen molar-refractivity contribution >= 4 is 28.0 Å². The molecule has 1 amide bonds. The first-order valence-corrected chi connectivity index (χ1v) is 13.7. The second-order valence-corrected chi connectivity index (χ2v) is 9.48. The molecule has 1 heterocycles. The number of carbonyl (C=O) groups is 1. The summed E-state index contributed by atoms with van der Waals surface area (Å²) in [6.45, 7) is 6.90. The van der Waals surface area contributed by atoms with E-state index < -0.39 is 0 Å². The summed E-state index contributed by atoms with van der Waals surface area (Å²) in [6.07, 6.45) is 7.21. The standard InChI is InChI=1S/C33H38N4O2/c1-4-21-37(3)32(38)12-9-19-34-20-22-39-29-16-13-26(14-17-29)33(30(5-2)25-10-7-6-8-11-25)27-15-18-31-28(23-27)24-35-36-31/h6-18,23-24,34H,4-5,19-22H2,1-3H3,(H,35,36)/b12-9+,33-30+. The third-order valence-corrected chi connectivity index (χ3v) is 6.65. The number of nitrogens with zero attached hydrogens (tertiary/aromatic N) is 2. The zero-order chi connectivity index (χ0) is 27.5. The Balaban J connectivity index is 1.44. The maximum atomic E-state index is 11.9. The minimum atomic E-state index is 0.0339. The fraction of sp³-hybridized carbons (Fsp3) is 0.273. The van der Waals surface area contributed by atoms with Crippen molar-refractivity contribution in [1.82, 2.24) is 20.4 Å². The van der Waals surface area contributed by atoms with Crippen LogP contribution in [0.5, 0.6) is 5.75 Å². The van der Waals surface area contributed by atoms with Gasteiger partial charge in [0.05, 0.1) is 11.7 Å². The lowest BCUT2D eigenvalue weighted by Crippen LogP contribution is -2.26. The first kappa shape index (κ1) is 27.9. The van der Waals surface area contributed by atoms with Crippen molar-refractivity contribution in [2.45, 2.75) is 26.7 Å². The molecule has 1 aromatic heterocycles. The Kier molecular flexibility index (Phi) is 10.1. The van der Waals surface area contributed by atoms with Crippen LogP contribution in [0.2, 0.25) is 0 Å². The molecule has 0 saturated heterocycles. The summed E-state index contributed by atoms with van der Waals surface area (Å²) in [4.78, 5) is 13.7. The van der Waals surface area contributed by atoms with Crippen LogP contribution in [0.25, 0.3) is 22.0 Å². The summed E-state index contributed by atoms with van der Waals surface area (Å²) in [5.74, 6) is 0.862. The molecule has 0 radical (unpaired) electrons. The Hall–Kier alpha value is -4.16. The SMILES string of the molecule is CCCN(C)C(=O)/C=C/CNCCOc1ccc(/C(=C(/CC)c2ccccc2)c2ccc3[nH]ncc3c2)cc1. The van der Waals surface area contributed by atoms with Gasteiger partial charge in [-0.2, -0.15) is 5.10 Å². The quantitative estimate of drug-likeness (QED) is 0.122. The number of amides is 1. The van der Waals surface area contributed by atoms with E-state index in [-0.39, 0.29) is 5.91 Å². The van der Waals surface area contributed by atoms with Crippen LogP contribution in [0.15, 0.2) is 91.1 Å². The third-order valence-electron chi connectivity index (χ3n) is 6.65. The van der Waals surface area contributed by atoms with Crippen LogP contribution in [0.3, 0.4) is 0 Å². The molecule has 0 fully saturated rings. The molecule has 4 rings (SSSR count). The van der Waals surface area contributed by atoms with Crippen molar-refractivity contribution in [2.24, 2.45) is 0 Å². The van der Waals surface area contributed by atoms with E-state index in [9.17, 15) is 4.79 Å². The molecular weight excluding hydrogens is 484 g/mol. The highest BCUT2D eigenvalue weighted by Gasteiger charge is 2.14. The molecule has 0 aliphatic rings. The van der Waals surface area contributed by atoms with Gasteiger partial charge in [0.25, 0.3) is 0 Å². The Morgan fingerprint density at radius 2 is 1.77 bits per heavy atom. The second kappa shape index (κ2) is 14.1. The summed E-state index contributed by atoms with van der Waals surface area (Å²) in [5, 5.41) is 11.6. The van der Waals surface area contributed by atoms with E-state index in [1.807, 2.05) is 31.5 Å². The average molecular weight is 523 g/mol. The van der Waals surface area contributed by atoms with E-state index in [2.05, 4.69) is 90.0 Å². The van der Waals surface area contributed by atoms with Crippen molar-refractivity contribution in [3.8, 4) is 5.75 Å². The number of carbonyl (C=O) groups excluding carboxylic acids is 1. The van der Waals surface area contributed by atoms with E-state index in [0.717, 1.165) is 47.2 Å². The number of fused-ring (bicyclic) bond motifs is 1. The lowest BCUT2D eigenvalue weighted by atomic mass is 9.88. The van der Waals surface area contributed by atoms with E-state index in [1.165, 1.54) is 16.7 Å². The highest BCUT2D eigenvalue weighted by molar-refractivity contribution is 6.00. The zero-order valence-electron chi connectivity index (χ0n) is 23.1. The molecule has 0 unspecified atom stereocenters. The van der Waals surface area contributed by atoms with Crippen molar-refractivity contribution in [2.75, 3.05) is 33.3 Å². The van der Waals surface area contributed by atoms with E-state index >= 15 is 0 Å². The topological polar surface area (TPSA) is 70.2 Å². The Labute approximate surface area is 231 Å². The fourth-order valence-corrected chi connectivity index (χ4v) is 4.65. The van der Waals surface area contributed by atoms with Gasteiger partial charge >= 0.3 is 0 Å². The number of aromatic amines is 1. The van der Waals surface area contributed by atoms with Gasteiger partial charge in [-0.1, -0.05) is 68.5 Å². The number of rotatable bonds is 13. The van der Waals surface area contributed by atoms with Crippen molar-refractivity contribution < 1.29 is 9.53 Å². The molecule has 4 aromatic rings. The van der Waals surface area contributed by atoms with Crippen LogP contribution in [0.4, 0.5) is 0 Å².